The lowest BCUT2D eigenvalue weighted by Gasteiger charge is -2.13. The van der Waals surface area contributed by atoms with Crippen LogP contribution in [0.1, 0.15) is 32.8 Å². The molecule has 21 heavy (non-hydrogen) atoms. The first-order valence-corrected chi connectivity index (χ1v) is 7.57. The molecule has 0 spiro atoms. The van der Waals surface area contributed by atoms with Crippen molar-refractivity contribution in [3.8, 4) is 11.5 Å². The highest BCUT2D eigenvalue weighted by Gasteiger charge is 2.07. The quantitative estimate of drug-likeness (QED) is 0.694. The Bertz CT molecular complexity index is 436. The summed E-state index contributed by atoms with van der Waals surface area (Å²) in [6, 6.07) is 5.88. The van der Waals surface area contributed by atoms with Gasteiger partial charge in [-0.3, -0.25) is 4.79 Å². The van der Waals surface area contributed by atoms with Crippen LogP contribution in [0.3, 0.4) is 0 Å². The molecule has 0 unspecified atom stereocenters. The number of hydrogen-bond donors (Lipinski definition) is 2. The van der Waals surface area contributed by atoms with E-state index in [0.717, 1.165) is 24.4 Å². The van der Waals surface area contributed by atoms with Crippen LogP contribution in [0.4, 0.5) is 0 Å². The lowest BCUT2D eigenvalue weighted by Crippen LogP contribution is -2.24. The number of carbonyl (C=O) groups is 1. The molecule has 1 amide bonds. The topological polar surface area (TPSA) is 59.6 Å². The van der Waals surface area contributed by atoms with Crippen LogP contribution in [0.5, 0.6) is 11.5 Å². The summed E-state index contributed by atoms with van der Waals surface area (Å²) in [5.41, 5.74) is 1.15. The molecule has 1 rings (SSSR count). The van der Waals surface area contributed by atoms with Crippen LogP contribution in [0.2, 0.25) is 0 Å². The normalized spacial score (nSPS) is 10.2. The van der Waals surface area contributed by atoms with Crippen LogP contribution < -0.4 is 20.1 Å². The van der Waals surface area contributed by atoms with Crippen molar-refractivity contribution in [2.75, 3.05) is 26.3 Å². The number of carbonyl (C=O) groups excluding carboxylic acids is 1. The summed E-state index contributed by atoms with van der Waals surface area (Å²) in [5, 5.41) is 6.02. The lowest BCUT2D eigenvalue weighted by atomic mass is 10.2. The van der Waals surface area contributed by atoms with Crippen molar-refractivity contribution in [2.24, 2.45) is 0 Å². The summed E-state index contributed by atoms with van der Waals surface area (Å²) >= 11 is 0. The van der Waals surface area contributed by atoms with E-state index in [-0.39, 0.29) is 5.91 Å². The highest BCUT2D eigenvalue weighted by atomic mass is 16.5. The first-order valence-electron chi connectivity index (χ1n) is 7.57. The number of benzene rings is 1. The summed E-state index contributed by atoms with van der Waals surface area (Å²) < 4.78 is 11.3. The van der Waals surface area contributed by atoms with Gasteiger partial charge in [0.2, 0.25) is 5.91 Å². The second-order valence-electron chi connectivity index (χ2n) is 4.55. The van der Waals surface area contributed by atoms with Gasteiger partial charge in [0, 0.05) is 13.1 Å². The van der Waals surface area contributed by atoms with Crippen LogP contribution in [0.25, 0.3) is 0 Å². The Balaban J connectivity index is 2.60. The van der Waals surface area contributed by atoms with Gasteiger partial charge in [-0.05, 0) is 38.1 Å². The molecule has 0 fully saturated rings. The molecule has 0 saturated carbocycles. The molecule has 2 N–H and O–H groups in total. The van der Waals surface area contributed by atoms with Crippen molar-refractivity contribution in [2.45, 2.75) is 33.7 Å². The highest BCUT2D eigenvalue weighted by Crippen LogP contribution is 2.28. The fraction of sp³-hybridized carbons (Fsp3) is 0.562. The van der Waals surface area contributed by atoms with E-state index < -0.39 is 0 Å². The predicted molar refractivity (Wildman–Crippen MR) is 83.8 cm³/mol. The van der Waals surface area contributed by atoms with Gasteiger partial charge in [0.05, 0.1) is 19.6 Å². The van der Waals surface area contributed by atoms with E-state index in [1.807, 2.05) is 32.0 Å². The lowest BCUT2D eigenvalue weighted by molar-refractivity contribution is -0.121. The zero-order valence-electron chi connectivity index (χ0n) is 13.2. The molecular formula is C16H26N2O3. The summed E-state index contributed by atoms with van der Waals surface area (Å²) in [6.07, 6.45) is 0.346. The maximum Gasteiger partial charge on any atom is 0.223 e. The highest BCUT2D eigenvalue weighted by molar-refractivity contribution is 5.75. The molecule has 0 heterocycles. The van der Waals surface area contributed by atoms with Crippen molar-refractivity contribution < 1.29 is 14.3 Å². The molecule has 0 bridgehead atoms. The Kier molecular flexibility index (Phi) is 8.28. The minimum Gasteiger partial charge on any atom is -0.490 e. The molecule has 0 saturated heterocycles. The molecule has 1 aromatic rings. The zero-order valence-corrected chi connectivity index (χ0v) is 13.2. The first kappa shape index (κ1) is 17.3. The first-order chi connectivity index (χ1) is 10.2. The second kappa shape index (κ2) is 10.0. The van der Waals surface area contributed by atoms with Gasteiger partial charge in [-0.25, -0.2) is 0 Å². The third kappa shape index (κ3) is 6.49. The number of nitrogens with one attached hydrogen (secondary N) is 2. The monoisotopic (exact) mass is 294 g/mol. The number of rotatable bonds is 10. The molecule has 0 atom stereocenters. The van der Waals surface area contributed by atoms with Crippen molar-refractivity contribution in [1.29, 1.82) is 0 Å². The maximum atomic E-state index is 11.4. The SMILES string of the molecule is CCNCc1ccc(OCCC(=O)NCC)c(OCC)c1. The Labute approximate surface area is 127 Å². The van der Waals surface area contributed by atoms with E-state index in [2.05, 4.69) is 17.6 Å². The number of amides is 1. The van der Waals surface area contributed by atoms with Crippen molar-refractivity contribution in [1.82, 2.24) is 10.6 Å². The minimum absolute atomic E-state index is 0.000717. The third-order valence-electron chi connectivity index (χ3n) is 2.85. The van der Waals surface area contributed by atoms with Gasteiger partial charge in [0.25, 0.3) is 0 Å². The van der Waals surface area contributed by atoms with Crippen molar-refractivity contribution in [3.63, 3.8) is 0 Å². The van der Waals surface area contributed by atoms with E-state index >= 15 is 0 Å². The molecule has 0 aliphatic rings. The van der Waals surface area contributed by atoms with Crippen LogP contribution >= 0.6 is 0 Å². The smallest absolute Gasteiger partial charge is 0.223 e. The molecule has 1 aromatic carbocycles. The predicted octanol–water partition coefficient (Wildman–Crippen LogP) is 2.10. The molecule has 0 aliphatic heterocycles. The summed E-state index contributed by atoms with van der Waals surface area (Å²) in [4.78, 5) is 11.4. The van der Waals surface area contributed by atoms with Gasteiger partial charge in [-0.2, -0.15) is 0 Å². The Morgan fingerprint density at radius 1 is 1.10 bits per heavy atom. The van der Waals surface area contributed by atoms with Crippen LogP contribution in [-0.2, 0) is 11.3 Å². The van der Waals surface area contributed by atoms with E-state index in [4.69, 9.17) is 9.47 Å². The van der Waals surface area contributed by atoms with E-state index in [1.165, 1.54) is 0 Å². The van der Waals surface area contributed by atoms with Crippen LogP contribution in [0.15, 0.2) is 18.2 Å². The number of hydrogen-bond acceptors (Lipinski definition) is 4. The average molecular weight is 294 g/mol. The van der Waals surface area contributed by atoms with Crippen molar-refractivity contribution >= 4 is 5.91 Å². The van der Waals surface area contributed by atoms with E-state index in [1.54, 1.807) is 0 Å². The molecule has 0 aliphatic carbocycles. The molecule has 0 aromatic heterocycles. The molecule has 5 heteroatoms. The Hall–Kier alpha value is -1.75. The van der Waals surface area contributed by atoms with Gasteiger partial charge in [0.15, 0.2) is 11.5 Å². The fourth-order valence-electron chi connectivity index (χ4n) is 1.86. The Morgan fingerprint density at radius 2 is 1.90 bits per heavy atom. The van der Waals surface area contributed by atoms with Gasteiger partial charge in [-0.1, -0.05) is 13.0 Å². The summed E-state index contributed by atoms with van der Waals surface area (Å²) in [6.45, 7) is 9.20. The van der Waals surface area contributed by atoms with Gasteiger partial charge in [0.1, 0.15) is 0 Å². The van der Waals surface area contributed by atoms with Crippen LogP contribution in [-0.4, -0.2) is 32.2 Å². The van der Waals surface area contributed by atoms with Crippen molar-refractivity contribution in [3.05, 3.63) is 23.8 Å². The molecule has 118 valence electrons. The molecular weight excluding hydrogens is 268 g/mol. The fourth-order valence-corrected chi connectivity index (χ4v) is 1.86. The molecule has 5 nitrogen and oxygen atoms in total. The van der Waals surface area contributed by atoms with E-state index in [0.29, 0.717) is 31.9 Å². The zero-order chi connectivity index (χ0) is 15.5. The van der Waals surface area contributed by atoms with Gasteiger partial charge in [-0.15, -0.1) is 0 Å². The minimum atomic E-state index is -0.000717. The third-order valence-corrected chi connectivity index (χ3v) is 2.85. The largest absolute Gasteiger partial charge is 0.490 e. The van der Waals surface area contributed by atoms with Crippen LogP contribution in [0, 0.1) is 0 Å². The summed E-state index contributed by atoms with van der Waals surface area (Å²) in [5.74, 6) is 1.41. The van der Waals surface area contributed by atoms with Gasteiger partial charge >= 0.3 is 0 Å². The average Bonchev–Trinajstić information content (AvgIpc) is 2.47. The Morgan fingerprint density at radius 3 is 2.57 bits per heavy atom. The van der Waals surface area contributed by atoms with E-state index in [9.17, 15) is 4.79 Å². The van der Waals surface area contributed by atoms with Gasteiger partial charge < -0.3 is 20.1 Å². The summed E-state index contributed by atoms with van der Waals surface area (Å²) in [7, 11) is 0. The number of ether oxygens (including phenoxy) is 2. The molecule has 0 radical (unpaired) electrons. The standard InChI is InChI=1S/C16H26N2O3/c1-4-17-12-13-7-8-14(15(11-13)20-6-3)21-10-9-16(19)18-5-2/h7-8,11,17H,4-6,9-10,12H2,1-3H3,(H,18,19). The second-order valence-corrected chi connectivity index (χ2v) is 4.55. The maximum absolute atomic E-state index is 11.4.